The van der Waals surface area contributed by atoms with E-state index in [-0.39, 0.29) is 39.2 Å². The number of aliphatic hydroxyl groups is 1. The predicted molar refractivity (Wildman–Crippen MR) is 144 cm³/mol. The number of nitrogens with one attached hydrogen (secondary N) is 1. The van der Waals surface area contributed by atoms with E-state index in [9.17, 15) is 23.1 Å². The van der Waals surface area contributed by atoms with Gasteiger partial charge in [-0.15, -0.1) is 11.3 Å². The number of aromatic nitrogens is 2. The van der Waals surface area contributed by atoms with Crippen LogP contribution in [0, 0.1) is 0 Å². The molecular formula is C26H27F3N6O3S. The fraction of sp³-hybridized carbons (Fsp3) is 0.346. The molecule has 206 valence electrons. The van der Waals surface area contributed by atoms with Crippen LogP contribution in [0.3, 0.4) is 0 Å². The zero-order valence-electron chi connectivity index (χ0n) is 20.7. The highest BCUT2D eigenvalue weighted by Crippen LogP contribution is 2.43. The maximum atomic E-state index is 13.9. The largest absolute Gasteiger partial charge is 0.491 e. The Morgan fingerprint density at radius 3 is 2.74 bits per heavy atom. The van der Waals surface area contributed by atoms with E-state index in [2.05, 4.69) is 15.3 Å². The Morgan fingerprint density at radius 2 is 2.03 bits per heavy atom. The number of rotatable bonds is 8. The summed E-state index contributed by atoms with van der Waals surface area (Å²) in [4.78, 5) is 22.0. The molecule has 0 bridgehead atoms. The van der Waals surface area contributed by atoms with Gasteiger partial charge in [-0.25, -0.2) is 4.98 Å². The molecule has 13 heteroatoms. The number of ether oxygens (including phenoxy) is 1. The van der Waals surface area contributed by atoms with Crippen LogP contribution in [-0.2, 0) is 6.18 Å². The van der Waals surface area contributed by atoms with Gasteiger partial charge in [0.1, 0.15) is 34.0 Å². The van der Waals surface area contributed by atoms with Crippen molar-refractivity contribution in [3.63, 3.8) is 0 Å². The second kappa shape index (κ2) is 10.8. The average molecular weight is 561 g/mol. The van der Waals surface area contributed by atoms with Crippen molar-refractivity contribution in [2.75, 3.05) is 36.9 Å². The number of fused-ring (bicyclic) bond motifs is 2. The molecule has 1 atom stereocenters. The van der Waals surface area contributed by atoms with Gasteiger partial charge in [0.2, 0.25) is 0 Å². The van der Waals surface area contributed by atoms with Gasteiger partial charge in [-0.1, -0.05) is 6.07 Å². The van der Waals surface area contributed by atoms with Crippen molar-refractivity contribution >= 4 is 49.9 Å². The van der Waals surface area contributed by atoms with Crippen molar-refractivity contribution < 1.29 is 27.8 Å². The van der Waals surface area contributed by atoms with Crippen molar-refractivity contribution in [2.45, 2.75) is 31.2 Å². The fourth-order valence-corrected chi connectivity index (χ4v) is 5.65. The second-order valence-electron chi connectivity index (χ2n) is 9.41. The number of hydrogen-bond acceptors (Lipinski definition) is 9. The number of nitrogens with zero attached hydrogens (tertiary/aromatic N) is 3. The van der Waals surface area contributed by atoms with Gasteiger partial charge in [0.05, 0.1) is 16.8 Å². The molecule has 1 aliphatic heterocycles. The summed E-state index contributed by atoms with van der Waals surface area (Å²) in [5.41, 5.74) is 10.8. The molecule has 4 aromatic rings. The number of piperidine rings is 1. The van der Waals surface area contributed by atoms with E-state index in [0.717, 1.165) is 28.3 Å². The number of carbonyl (C=O) groups excluding carboxylic acids is 1. The molecular weight excluding hydrogens is 533 g/mol. The number of alkyl halides is 3. The summed E-state index contributed by atoms with van der Waals surface area (Å²) >= 11 is 0.763. The molecule has 0 unspecified atom stereocenters. The quantitative estimate of drug-likeness (QED) is 0.257. The van der Waals surface area contributed by atoms with E-state index in [1.807, 2.05) is 24.3 Å². The molecule has 4 heterocycles. The first-order valence-corrected chi connectivity index (χ1v) is 13.2. The lowest BCUT2D eigenvalue weighted by Crippen LogP contribution is -2.45. The number of carbonyl (C=O) groups is 1. The molecule has 1 amide bonds. The van der Waals surface area contributed by atoms with Crippen LogP contribution in [0.4, 0.5) is 24.7 Å². The number of nitrogen functional groups attached to an aromatic ring is 1. The van der Waals surface area contributed by atoms with Crippen LogP contribution in [0.25, 0.3) is 21.1 Å². The Hall–Kier alpha value is -3.68. The van der Waals surface area contributed by atoms with E-state index < -0.39 is 23.8 Å². The third-order valence-corrected chi connectivity index (χ3v) is 7.81. The molecule has 9 nitrogen and oxygen atoms in total. The maximum Gasteiger partial charge on any atom is 0.417 e. The summed E-state index contributed by atoms with van der Waals surface area (Å²) in [6.45, 7) is 1.36. The van der Waals surface area contributed by atoms with Crippen LogP contribution >= 0.6 is 11.3 Å². The summed E-state index contributed by atoms with van der Waals surface area (Å²) in [6, 6.07) is 10.4. The first kappa shape index (κ1) is 26.9. The summed E-state index contributed by atoms with van der Waals surface area (Å²) in [5.74, 6) is -0.0789. The Labute approximate surface area is 225 Å². The van der Waals surface area contributed by atoms with Crippen molar-refractivity contribution in [2.24, 2.45) is 5.73 Å². The van der Waals surface area contributed by atoms with E-state index in [4.69, 9.17) is 16.2 Å². The van der Waals surface area contributed by atoms with Gasteiger partial charge in [0.25, 0.3) is 5.91 Å². The highest BCUT2D eigenvalue weighted by molar-refractivity contribution is 7.21. The molecule has 0 spiro atoms. The van der Waals surface area contributed by atoms with Crippen molar-refractivity contribution in [3.8, 4) is 5.75 Å². The number of pyridine rings is 2. The third-order valence-electron chi connectivity index (χ3n) is 6.69. The third kappa shape index (κ3) is 5.84. The highest BCUT2D eigenvalue weighted by atomic mass is 32.1. The van der Waals surface area contributed by atoms with Crippen molar-refractivity contribution in [3.05, 3.63) is 53.0 Å². The first-order valence-electron chi connectivity index (χ1n) is 12.3. The number of nitrogens with two attached hydrogens (primary N) is 2. The van der Waals surface area contributed by atoms with Crippen molar-refractivity contribution in [1.82, 2.24) is 15.3 Å². The molecule has 0 aliphatic carbocycles. The standard InChI is InChI=1S/C26H27F3N6O3S/c27-26(28,29)18-11-20(34-25-21(18)22(30)23(39-25)24(31)37)35-8-5-15(6-9-35)33-12-16(36)13-38-17-3-4-19-14(10-17)2-1-7-32-19/h1-4,7,10-11,15-16,33,36H,5-6,8-9,12-13,30H2,(H2,31,37)/t16-/m0/s1. The van der Waals surface area contributed by atoms with E-state index >= 15 is 0 Å². The Morgan fingerprint density at radius 1 is 1.26 bits per heavy atom. The van der Waals surface area contributed by atoms with E-state index in [1.54, 1.807) is 17.2 Å². The molecule has 0 saturated carbocycles. The monoisotopic (exact) mass is 560 g/mol. The fourth-order valence-electron chi connectivity index (χ4n) is 4.69. The van der Waals surface area contributed by atoms with Gasteiger partial charge in [0.15, 0.2) is 0 Å². The van der Waals surface area contributed by atoms with Crippen molar-refractivity contribution in [1.29, 1.82) is 0 Å². The maximum absolute atomic E-state index is 13.9. The van der Waals surface area contributed by atoms with E-state index in [0.29, 0.717) is 38.2 Å². The molecule has 5 rings (SSSR count). The number of thiophene rings is 1. The molecule has 1 fully saturated rings. The highest BCUT2D eigenvalue weighted by Gasteiger charge is 2.37. The van der Waals surface area contributed by atoms with Crippen LogP contribution in [-0.4, -0.2) is 59.4 Å². The minimum Gasteiger partial charge on any atom is -0.491 e. The Kier molecular flexibility index (Phi) is 7.47. The van der Waals surface area contributed by atoms with Gasteiger partial charge < -0.3 is 31.5 Å². The first-order chi connectivity index (χ1) is 18.6. The lowest BCUT2D eigenvalue weighted by molar-refractivity contribution is -0.136. The molecule has 3 aromatic heterocycles. The van der Waals surface area contributed by atoms with Crippen LogP contribution in [0.1, 0.15) is 28.1 Å². The van der Waals surface area contributed by atoms with Crippen LogP contribution < -0.4 is 26.4 Å². The van der Waals surface area contributed by atoms with Gasteiger partial charge in [-0.05, 0) is 43.2 Å². The number of anilines is 2. The van der Waals surface area contributed by atoms with Gasteiger partial charge in [-0.3, -0.25) is 9.78 Å². The number of benzene rings is 1. The number of primary amides is 1. The number of aliphatic hydroxyl groups excluding tert-OH is 1. The van der Waals surface area contributed by atoms with Gasteiger partial charge >= 0.3 is 6.18 Å². The molecule has 1 saturated heterocycles. The zero-order chi connectivity index (χ0) is 27.7. The zero-order valence-corrected chi connectivity index (χ0v) is 21.6. The molecule has 0 radical (unpaired) electrons. The Balaban J connectivity index is 1.17. The topological polar surface area (TPSA) is 140 Å². The predicted octanol–water partition coefficient (Wildman–Crippen LogP) is 3.54. The number of halogens is 3. The van der Waals surface area contributed by atoms with Crippen LogP contribution in [0.5, 0.6) is 5.75 Å². The van der Waals surface area contributed by atoms with Gasteiger partial charge in [-0.2, -0.15) is 13.2 Å². The summed E-state index contributed by atoms with van der Waals surface area (Å²) in [6.07, 6.45) is -2.41. The second-order valence-corrected chi connectivity index (χ2v) is 10.4. The number of amides is 1. The summed E-state index contributed by atoms with van der Waals surface area (Å²) in [7, 11) is 0. The van der Waals surface area contributed by atoms with Crippen LogP contribution in [0.15, 0.2) is 42.6 Å². The minimum absolute atomic E-state index is 0.0252. The molecule has 1 aliphatic rings. The Bertz CT molecular complexity index is 1500. The summed E-state index contributed by atoms with van der Waals surface area (Å²) in [5, 5.41) is 14.4. The average Bonchev–Trinajstić information content (AvgIpc) is 3.26. The summed E-state index contributed by atoms with van der Waals surface area (Å²) < 4.78 is 47.3. The lowest BCUT2D eigenvalue weighted by atomic mass is 10.0. The minimum atomic E-state index is -4.68. The van der Waals surface area contributed by atoms with Crippen LogP contribution in [0.2, 0.25) is 0 Å². The SMILES string of the molecule is NC(=O)c1sc2nc(N3CCC(NC[C@H](O)COc4ccc5ncccc5c4)CC3)cc(C(F)(F)F)c2c1N. The van der Waals surface area contributed by atoms with Gasteiger partial charge in [0, 0.05) is 42.6 Å². The molecule has 6 N–H and O–H groups in total. The molecule has 1 aromatic carbocycles. The normalized spacial score (nSPS) is 15.6. The smallest absolute Gasteiger partial charge is 0.417 e. The molecule has 39 heavy (non-hydrogen) atoms. The number of hydrogen-bond donors (Lipinski definition) is 4. The lowest BCUT2D eigenvalue weighted by Gasteiger charge is -2.34. The van der Waals surface area contributed by atoms with E-state index in [1.165, 1.54) is 0 Å².